The fraction of sp³-hybridized carbons (Fsp3) is 0.200. The summed E-state index contributed by atoms with van der Waals surface area (Å²) < 4.78 is 26.9. The Hall–Kier alpha value is -1.74. The van der Waals surface area contributed by atoms with Gasteiger partial charge in [-0.3, -0.25) is 0 Å². The van der Waals surface area contributed by atoms with Crippen molar-refractivity contribution in [2.45, 2.75) is 12.5 Å². The molecule has 18 heavy (non-hydrogen) atoms. The van der Waals surface area contributed by atoms with Gasteiger partial charge in [-0.05, 0) is 37.2 Å². The second-order valence-electron chi connectivity index (χ2n) is 4.20. The number of benzene rings is 2. The van der Waals surface area contributed by atoms with Gasteiger partial charge in [0.15, 0.2) is 0 Å². The molecule has 1 nitrogen and oxygen atoms in total. The Balaban J connectivity index is 2.26. The molecule has 0 bridgehead atoms. The standard InChI is InChI=1S/C15H15F2N/c1-18-15(9-11-5-3-2-4-6-11)13-10-12(16)7-8-14(13)17/h2-8,10,15,18H,9H2,1H3. The molecule has 0 saturated heterocycles. The minimum atomic E-state index is -0.417. The van der Waals surface area contributed by atoms with E-state index >= 15 is 0 Å². The van der Waals surface area contributed by atoms with Crippen LogP contribution in [0.1, 0.15) is 17.2 Å². The third-order valence-corrected chi connectivity index (χ3v) is 2.96. The van der Waals surface area contributed by atoms with Crippen molar-refractivity contribution in [3.8, 4) is 0 Å². The molecular formula is C15H15F2N. The van der Waals surface area contributed by atoms with Crippen LogP contribution in [0.5, 0.6) is 0 Å². The Kier molecular flexibility index (Phi) is 4.05. The summed E-state index contributed by atoms with van der Waals surface area (Å²) in [5, 5.41) is 3.03. The lowest BCUT2D eigenvalue weighted by Crippen LogP contribution is -2.20. The Morgan fingerprint density at radius 3 is 2.44 bits per heavy atom. The van der Waals surface area contributed by atoms with Crippen molar-refractivity contribution in [3.63, 3.8) is 0 Å². The van der Waals surface area contributed by atoms with E-state index < -0.39 is 5.82 Å². The third kappa shape index (κ3) is 2.93. The summed E-state index contributed by atoms with van der Waals surface area (Å²) in [6.45, 7) is 0. The second kappa shape index (κ2) is 5.74. The van der Waals surface area contributed by atoms with Crippen molar-refractivity contribution in [1.82, 2.24) is 5.32 Å². The Labute approximate surface area is 105 Å². The first kappa shape index (κ1) is 12.7. The van der Waals surface area contributed by atoms with Crippen LogP contribution < -0.4 is 5.32 Å². The van der Waals surface area contributed by atoms with Gasteiger partial charge in [0.1, 0.15) is 11.6 Å². The van der Waals surface area contributed by atoms with Crippen molar-refractivity contribution in [3.05, 3.63) is 71.3 Å². The van der Waals surface area contributed by atoms with Crippen LogP contribution in [-0.2, 0) is 6.42 Å². The first-order valence-corrected chi connectivity index (χ1v) is 5.87. The molecule has 0 fully saturated rings. The van der Waals surface area contributed by atoms with Crippen molar-refractivity contribution < 1.29 is 8.78 Å². The van der Waals surface area contributed by atoms with E-state index in [9.17, 15) is 8.78 Å². The molecular weight excluding hydrogens is 232 g/mol. The summed E-state index contributed by atoms with van der Waals surface area (Å²) in [6.07, 6.45) is 0.623. The summed E-state index contributed by atoms with van der Waals surface area (Å²) in [5.74, 6) is -0.800. The van der Waals surface area contributed by atoms with Crippen LogP contribution in [0, 0.1) is 11.6 Å². The highest BCUT2D eigenvalue weighted by Gasteiger charge is 2.15. The smallest absolute Gasteiger partial charge is 0.128 e. The van der Waals surface area contributed by atoms with Gasteiger partial charge in [0.25, 0.3) is 0 Å². The van der Waals surface area contributed by atoms with E-state index in [4.69, 9.17) is 0 Å². The molecule has 0 radical (unpaired) electrons. The number of likely N-dealkylation sites (N-methyl/N-ethyl adjacent to an activating group) is 1. The van der Waals surface area contributed by atoms with Crippen molar-refractivity contribution in [2.24, 2.45) is 0 Å². The summed E-state index contributed by atoms with van der Waals surface area (Å²) in [7, 11) is 1.75. The molecule has 1 unspecified atom stereocenters. The molecule has 2 rings (SSSR count). The Bertz CT molecular complexity index is 511. The molecule has 0 aliphatic carbocycles. The zero-order valence-electron chi connectivity index (χ0n) is 10.2. The van der Waals surface area contributed by atoms with E-state index in [1.807, 2.05) is 30.3 Å². The predicted octanol–water partition coefficient (Wildman–Crippen LogP) is 3.47. The maximum Gasteiger partial charge on any atom is 0.128 e. The molecule has 0 aliphatic rings. The lowest BCUT2D eigenvalue weighted by Gasteiger charge is -2.17. The maximum absolute atomic E-state index is 13.7. The maximum atomic E-state index is 13.7. The highest BCUT2D eigenvalue weighted by Crippen LogP contribution is 2.21. The second-order valence-corrected chi connectivity index (χ2v) is 4.20. The number of hydrogen-bond donors (Lipinski definition) is 1. The van der Waals surface area contributed by atoms with Crippen molar-refractivity contribution in [2.75, 3.05) is 7.05 Å². The highest BCUT2D eigenvalue weighted by molar-refractivity contribution is 5.25. The van der Waals surface area contributed by atoms with Gasteiger partial charge in [0, 0.05) is 11.6 Å². The van der Waals surface area contributed by atoms with Gasteiger partial charge in [-0.25, -0.2) is 8.78 Å². The lowest BCUT2D eigenvalue weighted by atomic mass is 9.98. The molecule has 2 aromatic carbocycles. The number of nitrogens with one attached hydrogen (secondary N) is 1. The van der Waals surface area contributed by atoms with E-state index in [2.05, 4.69) is 5.32 Å². The average molecular weight is 247 g/mol. The molecule has 0 amide bonds. The molecule has 0 saturated carbocycles. The average Bonchev–Trinajstić information content (AvgIpc) is 2.40. The van der Waals surface area contributed by atoms with Crippen LogP contribution in [0.25, 0.3) is 0 Å². The summed E-state index contributed by atoms with van der Waals surface area (Å²) in [6, 6.07) is 13.1. The minimum absolute atomic E-state index is 0.233. The summed E-state index contributed by atoms with van der Waals surface area (Å²) >= 11 is 0. The predicted molar refractivity (Wildman–Crippen MR) is 68.3 cm³/mol. The first-order valence-electron chi connectivity index (χ1n) is 5.87. The van der Waals surface area contributed by atoms with E-state index in [-0.39, 0.29) is 11.9 Å². The molecule has 0 spiro atoms. The zero-order valence-corrected chi connectivity index (χ0v) is 10.2. The third-order valence-electron chi connectivity index (χ3n) is 2.96. The molecule has 0 aliphatic heterocycles. The molecule has 3 heteroatoms. The van der Waals surface area contributed by atoms with Gasteiger partial charge >= 0.3 is 0 Å². The van der Waals surface area contributed by atoms with Gasteiger partial charge in [-0.2, -0.15) is 0 Å². The zero-order chi connectivity index (χ0) is 13.0. The first-order chi connectivity index (χ1) is 8.70. The van der Waals surface area contributed by atoms with Crippen LogP contribution in [0.2, 0.25) is 0 Å². The van der Waals surface area contributed by atoms with E-state index in [1.54, 1.807) is 7.05 Å². The largest absolute Gasteiger partial charge is 0.313 e. The fourth-order valence-corrected chi connectivity index (χ4v) is 2.00. The van der Waals surface area contributed by atoms with Gasteiger partial charge in [0.2, 0.25) is 0 Å². The van der Waals surface area contributed by atoms with E-state index in [0.717, 1.165) is 11.6 Å². The Morgan fingerprint density at radius 2 is 1.78 bits per heavy atom. The van der Waals surface area contributed by atoms with Crippen LogP contribution >= 0.6 is 0 Å². The SMILES string of the molecule is CNC(Cc1ccccc1)c1cc(F)ccc1F. The van der Waals surface area contributed by atoms with Gasteiger partial charge in [-0.1, -0.05) is 30.3 Å². The van der Waals surface area contributed by atoms with Crippen molar-refractivity contribution >= 4 is 0 Å². The van der Waals surface area contributed by atoms with Crippen LogP contribution in [0.3, 0.4) is 0 Å². The highest BCUT2D eigenvalue weighted by atomic mass is 19.1. The number of rotatable bonds is 4. The summed E-state index contributed by atoms with van der Waals surface area (Å²) in [5.41, 5.74) is 1.45. The lowest BCUT2D eigenvalue weighted by molar-refractivity contribution is 0.523. The van der Waals surface area contributed by atoms with Gasteiger partial charge in [0.05, 0.1) is 0 Å². The van der Waals surface area contributed by atoms with Gasteiger partial charge in [-0.15, -0.1) is 0 Å². The molecule has 2 aromatic rings. The molecule has 94 valence electrons. The van der Waals surface area contributed by atoms with Crippen LogP contribution in [0.15, 0.2) is 48.5 Å². The molecule has 0 heterocycles. The quantitative estimate of drug-likeness (QED) is 0.872. The molecule has 1 atom stereocenters. The minimum Gasteiger partial charge on any atom is -0.313 e. The van der Waals surface area contributed by atoms with E-state index in [0.29, 0.717) is 12.0 Å². The summed E-state index contributed by atoms with van der Waals surface area (Å²) in [4.78, 5) is 0. The van der Waals surface area contributed by atoms with Crippen LogP contribution in [0.4, 0.5) is 8.78 Å². The number of hydrogen-bond acceptors (Lipinski definition) is 1. The van der Waals surface area contributed by atoms with E-state index in [1.165, 1.54) is 12.1 Å². The fourth-order valence-electron chi connectivity index (χ4n) is 2.00. The van der Waals surface area contributed by atoms with Crippen LogP contribution in [-0.4, -0.2) is 7.05 Å². The number of halogens is 2. The molecule has 0 aromatic heterocycles. The monoisotopic (exact) mass is 247 g/mol. The van der Waals surface area contributed by atoms with Crippen molar-refractivity contribution in [1.29, 1.82) is 0 Å². The normalized spacial score (nSPS) is 12.4. The van der Waals surface area contributed by atoms with Gasteiger partial charge < -0.3 is 5.32 Å². The topological polar surface area (TPSA) is 12.0 Å². The molecule has 1 N–H and O–H groups in total. The Morgan fingerprint density at radius 1 is 1.06 bits per heavy atom.